The Bertz CT molecular complexity index is 1400. The van der Waals surface area contributed by atoms with Crippen LogP contribution in [0, 0.1) is 0 Å². The minimum absolute atomic E-state index is 0. The van der Waals surface area contributed by atoms with Crippen LogP contribution in [0.4, 0.5) is 13.2 Å². The van der Waals surface area contributed by atoms with Crippen LogP contribution in [0.3, 0.4) is 0 Å². The summed E-state index contributed by atoms with van der Waals surface area (Å²) in [5.74, 6) is 0.755. The smallest absolute Gasteiger partial charge is 0.408 e. The van der Waals surface area contributed by atoms with Gasteiger partial charge in [-0.15, -0.1) is 22.6 Å². The summed E-state index contributed by atoms with van der Waals surface area (Å²) in [6, 6.07) is 8.03. The fourth-order valence-electron chi connectivity index (χ4n) is 4.51. The predicted octanol–water partition coefficient (Wildman–Crippen LogP) is 4.68. The fraction of sp³-hybridized carbons (Fsp3) is 0.375. The van der Waals surface area contributed by atoms with Crippen molar-refractivity contribution in [2.75, 3.05) is 33.4 Å². The molecule has 198 valence electrons. The molecule has 1 aliphatic rings. The summed E-state index contributed by atoms with van der Waals surface area (Å²) in [4.78, 5) is 6.02. The minimum Gasteiger partial charge on any atom is -0.490 e. The first-order valence-electron chi connectivity index (χ1n) is 11.4. The second kappa shape index (κ2) is 11.0. The van der Waals surface area contributed by atoms with Crippen molar-refractivity contribution >= 4 is 40.6 Å². The Hall–Kier alpha value is -2.70. The molecule has 13 heteroatoms. The molecule has 0 spiro atoms. The number of nitrogens with zero attached hydrogens (tertiary/aromatic N) is 5. The van der Waals surface area contributed by atoms with Gasteiger partial charge in [-0.25, -0.2) is 4.98 Å². The number of rotatable bonds is 7. The van der Waals surface area contributed by atoms with E-state index in [2.05, 4.69) is 15.2 Å². The Morgan fingerprint density at radius 3 is 2.62 bits per heavy atom. The number of hydrogen-bond acceptors (Lipinski definition) is 7. The molecule has 0 bridgehead atoms. The Morgan fingerprint density at radius 1 is 1.14 bits per heavy atom. The van der Waals surface area contributed by atoms with Crippen molar-refractivity contribution in [1.29, 1.82) is 0 Å². The number of pyridine rings is 2. The number of halogens is 5. The van der Waals surface area contributed by atoms with Gasteiger partial charge in [0.05, 0.1) is 12.1 Å². The Labute approximate surface area is 221 Å². The molecule has 0 aliphatic carbocycles. The maximum Gasteiger partial charge on any atom is 0.408 e. The summed E-state index contributed by atoms with van der Waals surface area (Å²) in [5.41, 5.74) is 7.27. The molecule has 3 aromatic heterocycles. The lowest BCUT2D eigenvalue weighted by Crippen LogP contribution is -2.38. The molecule has 0 radical (unpaired) electrons. The number of hydrogen-bond donors (Lipinski definition) is 1. The molecule has 1 unspecified atom stereocenters. The second-order valence-corrected chi connectivity index (χ2v) is 9.07. The first-order valence-corrected chi connectivity index (χ1v) is 11.8. The van der Waals surface area contributed by atoms with E-state index in [-0.39, 0.29) is 37.1 Å². The summed E-state index contributed by atoms with van der Waals surface area (Å²) in [6.45, 7) is 1.17. The van der Waals surface area contributed by atoms with Crippen LogP contribution in [-0.4, -0.2) is 70.1 Å². The monoisotopic (exact) mass is 556 g/mol. The maximum atomic E-state index is 14.1. The van der Waals surface area contributed by atoms with E-state index in [1.807, 2.05) is 12.1 Å². The van der Waals surface area contributed by atoms with E-state index in [1.54, 1.807) is 19.2 Å². The maximum absolute atomic E-state index is 14.1. The molecule has 37 heavy (non-hydrogen) atoms. The lowest BCUT2D eigenvalue weighted by molar-refractivity contribution is -0.183. The molecule has 1 fully saturated rings. The molecular weight excluding hydrogens is 532 g/mol. The molecule has 0 saturated carbocycles. The summed E-state index contributed by atoms with van der Waals surface area (Å²) in [6.07, 6.45) is -2.53. The first kappa shape index (κ1) is 27.3. The Kier molecular flexibility index (Phi) is 8.10. The standard InChI is InChI=1S/C24H24ClF3N6O2.ClH/c1-35-10-11-36-18-6-3-14-2-5-17(30-21(14)20(18)25)23-32-31-19-7-4-15(12-34(19)23)22(24(26,27)28)33-9-8-16(29)13-33;/h2-7,12,16,22H,8-11,13,29H2,1H3;1H/t16?,22-;/m1./s1. The number of likely N-dealkylation sites (tertiary alicyclic amines) is 1. The molecule has 1 aliphatic heterocycles. The van der Waals surface area contributed by atoms with Crippen LogP contribution >= 0.6 is 24.0 Å². The molecule has 8 nitrogen and oxygen atoms in total. The molecule has 2 atom stereocenters. The van der Waals surface area contributed by atoms with Crippen molar-refractivity contribution in [2.24, 2.45) is 5.73 Å². The third-order valence-electron chi connectivity index (χ3n) is 6.21. The zero-order valence-corrected chi connectivity index (χ0v) is 21.4. The fourth-order valence-corrected chi connectivity index (χ4v) is 4.78. The molecular formula is C24H25Cl2F3N6O2. The summed E-state index contributed by atoms with van der Waals surface area (Å²) in [7, 11) is 1.57. The van der Waals surface area contributed by atoms with E-state index in [9.17, 15) is 13.2 Å². The van der Waals surface area contributed by atoms with Gasteiger partial charge in [0.15, 0.2) is 11.5 Å². The van der Waals surface area contributed by atoms with Crippen LogP contribution in [0.15, 0.2) is 42.6 Å². The first-order chi connectivity index (χ1) is 17.3. The van der Waals surface area contributed by atoms with E-state index in [0.717, 1.165) is 5.39 Å². The van der Waals surface area contributed by atoms with Crippen molar-refractivity contribution < 1.29 is 22.6 Å². The lowest BCUT2D eigenvalue weighted by Gasteiger charge is -2.30. The van der Waals surface area contributed by atoms with Gasteiger partial charge in [0.25, 0.3) is 0 Å². The largest absolute Gasteiger partial charge is 0.490 e. The zero-order valence-electron chi connectivity index (χ0n) is 19.8. The van der Waals surface area contributed by atoms with Gasteiger partial charge in [-0.2, -0.15) is 13.2 Å². The molecule has 4 heterocycles. The van der Waals surface area contributed by atoms with E-state index in [4.69, 9.17) is 26.8 Å². The topological polar surface area (TPSA) is 90.8 Å². The Morgan fingerprint density at radius 2 is 1.92 bits per heavy atom. The van der Waals surface area contributed by atoms with E-state index < -0.39 is 12.2 Å². The number of nitrogens with two attached hydrogens (primary N) is 1. The number of fused-ring (bicyclic) bond motifs is 2. The van der Waals surface area contributed by atoms with Gasteiger partial charge in [-0.05, 0) is 36.2 Å². The van der Waals surface area contributed by atoms with Crippen LogP contribution in [0.1, 0.15) is 18.0 Å². The van der Waals surface area contributed by atoms with Gasteiger partial charge in [0.1, 0.15) is 29.1 Å². The second-order valence-electron chi connectivity index (χ2n) is 8.69. The summed E-state index contributed by atoms with van der Waals surface area (Å²) < 4.78 is 54.6. The number of aromatic nitrogens is 4. The van der Waals surface area contributed by atoms with Crippen LogP contribution in [0.5, 0.6) is 5.75 Å². The van der Waals surface area contributed by atoms with Crippen LogP contribution < -0.4 is 10.5 Å². The highest BCUT2D eigenvalue weighted by molar-refractivity contribution is 6.36. The third kappa shape index (κ3) is 5.46. The van der Waals surface area contributed by atoms with E-state index in [1.165, 1.54) is 27.6 Å². The third-order valence-corrected chi connectivity index (χ3v) is 6.58. The predicted molar refractivity (Wildman–Crippen MR) is 136 cm³/mol. The van der Waals surface area contributed by atoms with Gasteiger partial charge in [-0.3, -0.25) is 9.30 Å². The molecule has 5 rings (SSSR count). The Balaban J connectivity index is 0.00000320. The van der Waals surface area contributed by atoms with Gasteiger partial charge >= 0.3 is 6.18 Å². The number of ether oxygens (including phenoxy) is 2. The molecule has 0 amide bonds. The highest BCUT2D eigenvalue weighted by Gasteiger charge is 2.46. The normalized spacial score (nSPS) is 17.3. The molecule has 1 saturated heterocycles. The van der Waals surface area contributed by atoms with Crippen LogP contribution in [0.25, 0.3) is 28.1 Å². The minimum atomic E-state index is -4.47. The van der Waals surface area contributed by atoms with E-state index in [0.29, 0.717) is 53.1 Å². The average Bonchev–Trinajstić information content (AvgIpc) is 3.46. The van der Waals surface area contributed by atoms with Gasteiger partial charge in [0.2, 0.25) is 0 Å². The highest BCUT2D eigenvalue weighted by Crippen LogP contribution is 2.40. The van der Waals surface area contributed by atoms with Crippen molar-refractivity contribution in [3.8, 4) is 17.3 Å². The van der Waals surface area contributed by atoms with Crippen molar-refractivity contribution in [3.63, 3.8) is 0 Å². The molecule has 1 aromatic carbocycles. The highest BCUT2D eigenvalue weighted by atomic mass is 35.5. The number of benzene rings is 1. The number of alkyl halides is 3. The number of methoxy groups -OCH3 is 1. The summed E-state index contributed by atoms with van der Waals surface area (Å²) >= 11 is 6.56. The van der Waals surface area contributed by atoms with E-state index >= 15 is 0 Å². The SMILES string of the molecule is COCCOc1ccc2ccc(-c3nnc4ccc([C@@H](N5CCC(N)C5)C(F)(F)F)cn34)nc2c1Cl.Cl. The lowest BCUT2D eigenvalue weighted by atomic mass is 10.1. The van der Waals surface area contributed by atoms with Gasteiger partial charge in [-0.1, -0.05) is 23.7 Å². The molecule has 2 N–H and O–H groups in total. The van der Waals surface area contributed by atoms with Gasteiger partial charge in [0, 0.05) is 37.8 Å². The van der Waals surface area contributed by atoms with Crippen molar-refractivity contribution in [3.05, 3.63) is 53.2 Å². The van der Waals surface area contributed by atoms with Gasteiger partial charge < -0.3 is 15.2 Å². The van der Waals surface area contributed by atoms with Crippen LogP contribution in [-0.2, 0) is 4.74 Å². The summed E-state index contributed by atoms with van der Waals surface area (Å²) in [5, 5.41) is 9.43. The zero-order chi connectivity index (χ0) is 25.4. The molecule has 4 aromatic rings. The average molecular weight is 557 g/mol. The van der Waals surface area contributed by atoms with Crippen molar-refractivity contribution in [2.45, 2.75) is 24.7 Å². The van der Waals surface area contributed by atoms with Crippen molar-refractivity contribution in [1.82, 2.24) is 24.5 Å². The quantitative estimate of drug-likeness (QED) is 0.330. The van der Waals surface area contributed by atoms with Crippen LogP contribution in [0.2, 0.25) is 5.02 Å².